The van der Waals surface area contributed by atoms with Crippen LogP contribution < -0.4 is 27.3 Å². The van der Waals surface area contributed by atoms with E-state index in [0.29, 0.717) is 23.2 Å². The van der Waals surface area contributed by atoms with Crippen LogP contribution in [0.3, 0.4) is 0 Å². The lowest BCUT2D eigenvalue weighted by molar-refractivity contribution is 0.953. The van der Waals surface area contributed by atoms with Crippen LogP contribution in [0.1, 0.15) is 0 Å². The van der Waals surface area contributed by atoms with Crippen molar-refractivity contribution in [2.75, 3.05) is 0 Å². The molecule has 0 aliphatic heterocycles. The molecular formula is C51H28B5N5. The van der Waals surface area contributed by atoms with Gasteiger partial charge in [-0.3, -0.25) is 4.57 Å². The molecule has 0 aliphatic carbocycles. The highest BCUT2D eigenvalue weighted by Crippen LogP contribution is 2.45. The largest absolute Gasteiger partial charge is 0.306 e. The van der Waals surface area contributed by atoms with Crippen molar-refractivity contribution in [1.29, 1.82) is 0 Å². The van der Waals surface area contributed by atoms with Crippen molar-refractivity contribution in [1.82, 2.24) is 24.1 Å². The van der Waals surface area contributed by atoms with Gasteiger partial charge in [0.2, 0.25) is 5.95 Å². The van der Waals surface area contributed by atoms with Gasteiger partial charge in [-0.05, 0) is 23.3 Å². The molecule has 0 amide bonds. The van der Waals surface area contributed by atoms with E-state index in [-0.39, 0.29) is 27.3 Å². The molecule has 3 heterocycles. The second-order valence-electron chi connectivity index (χ2n) is 15.1. The van der Waals surface area contributed by atoms with E-state index >= 15 is 0 Å². The van der Waals surface area contributed by atoms with E-state index in [9.17, 15) is 0 Å². The average Bonchev–Trinajstić information content (AvgIpc) is 3.84. The zero-order valence-corrected chi connectivity index (χ0v) is 32.8. The van der Waals surface area contributed by atoms with Gasteiger partial charge in [0.15, 0.2) is 11.6 Å². The predicted molar refractivity (Wildman–Crippen MR) is 257 cm³/mol. The quantitative estimate of drug-likeness (QED) is 0.177. The van der Waals surface area contributed by atoms with Crippen LogP contribution in [0.15, 0.2) is 170 Å². The summed E-state index contributed by atoms with van der Waals surface area (Å²) in [5.74, 6) is 1.60. The van der Waals surface area contributed by atoms with Crippen molar-refractivity contribution < 1.29 is 0 Å². The zero-order chi connectivity index (χ0) is 41.4. The fourth-order valence-electron chi connectivity index (χ4n) is 8.81. The highest BCUT2D eigenvalue weighted by molar-refractivity contribution is 6.68. The van der Waals surface area contributed by atoms with Crippen LogP contribution in [0.2, 0.25) is 0 Å². The fourth-order valence-corrected chi connectivity index (χ4v) is 8.81. The van der Waals surface area contributed by atoms with Crippen molar-refractivity contribution in [3.63, 3.8) is 0 Å². The van der Waals surface area contributed by atoms with E-state index in [1.807, 2.05) is 97.1 Å². The lowest BCUT2D eigenvalue weighted by atomic mass is 9.59. The Bertz CT molecular complexity index is 3440. The van der Waals surface area contributed by atoms with E-state index in [2.05, 4.69) is 81.9 Å². The third kappa shape index (κ3) is 5.73. The van der Waals surface area contributed by atoms with E-state index in [4.69, 9.17) is 54.2 Å². The van der Waals surface area contributed by atoms with Crippen molar-refractivity contribution in [2.24, 2.45) is 0 Å². The van der Waals surface area contributed by atoms with E-state index in [1.54, 1.807) is 0 Å². The standard InChI is InChI=1S/C51H28B5N5/c52-41-40(42(53)44(55)45(56)43(41)54)37-24-14-23-32(29-15-4-1-5-16-29)46(37)60-38-25-12-10-21-33(38)35-27-28-36-34-22-11-13-26-39(34)61(48(36)47(35)60)51-58-49(30-17-6-2-7-18-30)57-50(59-51)31-19-8-3-9-20-31/h1-28H. The van der Waals surface area contributed by atoms with Gasteiger partial charge in [-0.25, -0.2) is 4.98 Å². The number of fused-ring (bicyclic) bond motifs is 7. The molecule has 11 rings (SSSR count). The minimum Gasteiger partial charge on any atom is -0.306 e. The zero-order valence-electron chi connectivity index (χ0n) is 32.8. The first kappa shape index (κ1) is 36.8. The monoisotopic (exact) mass is 765 g/mol. The molecule has 61 heavy (non-hydrogen) atoms. The van der Waals surface area contributed by atoms with Gasteiger partial charge in [0.25, 0.3) is 0 Å². The summed E-state index contributed by atoms with van der Waals surface area (Å²) in [5, 5.41) is 4.14. The van der Waals surface area contributed by atoms with Crippen molar-refractivity contribution in [3.8, 4) is 56.7 Å². The number of nitrogens with zero attached hydrogens (tertiary/aromatic N) is 5. The summed E-state index contributed by atoms with van der Waals surface area (Å²) in [4.78, 5) is 15.6. The maximum absolute atomic E-state index is 6.91. The lowest BCUT2D eigenvalue weighted by Crippen LogP contribution is -2.55. The van der Waals surface area contributed by atoms with Crippen molar-refractivity contribution >= 4 is 110 Å². The first-order chi connectivity index (χ1) is 29.9. The Morgan fingerprint density at radius 2 is 0.754 bits per heavy atom. The minimum absolute atomic E-state index is 0.157. The summed E-state index contributed by atoms with van der Waals surface area (Å²) < 4.78 is 4.49. The Morgan fingerprint density at radius 1 is 0.328 bits per heavy atom. The van der Waals surface area contributed by atoms with Gasteiger partial charge >= 0.3 is 0 Å². The number of para-hydroxylation sites is 3. The summed E-state index contributed by atoms with van der Waals surface area (Å²) >= 11 is 0. The van der Waals surface area contributed by atoms with Crippen LogP contribution in [0.4, 0.5) is 0 Å². The number of rotatable bonds is 6. The molecule has 0 saturated carbocycles. The topological polar surface area (TPSA) is 48.5 Å². The third-order valence-electron chi connectivity index (χ3n) is 11.7. The summed E-state index contributed by atoms with van der Waals surface area (Å²) in [6.45, 7) is 0. The van der Waals surface area contributed by atoms with Crippen LogP contribution in [-0.2, 0) is 0 Å². The fraction of sp³-hybridized carbons (Fsp3) is 0. The van der Waals surface area contributed by atoms with Gasteiger partial charge in [-0.1, -0.05) is 169 Å². The molecule has 0 bridgehead atoms. The summed E-state index contributed by atoms with van der Waals surface area (Å²) in [7, 11) is 33.4. The van der Waals surface area contributed by atoms with Crippen LogP contribution in [0, 0.1) is 0 Å². The third-order valence-corrected chi connectivity index (χ3v) is 11.7. The van der Waals surface area contributed by atoms with E-state index in [0.717, 1.165) is 77.1 Å². The Hall–Kier alpha value is -7.31. The SMILES string of the molecule is [B]c1c([B])c([B])c(-c2cccc(-c3ccccc3)c2-n2c3ccccc3c3ccc4c5ccccc5n(-c5nc(-c6ccccc6)nc(-c6ccccc6)n5)c4c32)c([B])c1[B]. The molecular weight excluding hydrogens is 737 g/mol. The molecule has 0 spiro atoms. The molecule has 0 atom stereocenters. The molecule has 10 heteroatoms. The Kier molecular flexibility index (Phi) is 8.71. The maximum atomic E-state index is 6.91. The van der Waals surface area contributed by atoms with Crippen molar-refractivity contribution in [2.45, 2.75) is 0 Å². The average molecular weight is 765 g/mol. The van der Waals surface area contributed by atoms with Crippen molar-refractivity contribution in [3.05, 3.63) is 170 Å². The van der Waals surface area contributed by atoms with Gasteiger partial charge in [-0.15, -0.1) is 16.4 Å². The van der Waals surface area contributed by atoms with Gasteiger partial charge < -0.3 is 4.57 Å². The van der Waals surface area contributed by atoms with Gasteiger partial charge in [0.05, 0.1) is 27.8 Å². The lowest BCUT2D eigenvalue weighted by Gasteiger charge is -2.25. The Morgan fingerprint density at radius 3 is 1.30 bits per heavy atom. The molecule has 272 valence electrons. The number of hydrogen-bond donors (Lipinski definition) is 0. The highest BCUT2D eigenvalue weighted by Gasteiger charge is 2.27. The summed E-state index contributed by atoms with van der Waals surface area (Å²) in [5.41, 5.74) is 10.5. The minimum atomic E-state index is 0.157. The van der Waals surface area contributed by atoms with Crippen LogP contribution in [0.25, 0.3) is 100 Å². The molecule has 0 aliphatic rings. The maximum Gasteiger partial charge on any atom is 0.238 e. The summed E-state index contributed by atoms with van der Waals surface area (Å²) in [6.07, 6.45) is 0. The molecule has 0 fully saturated rings. The molecule has 11 aromatic rings. The highest BCUT2D eigenvalue weighted by atomic mass is 15.2. The number of aromatic nitrogens is 5. The molecule has 0 unspecified atom stereocenters. The molecule has 0 N–H and O–H groups in total. The normalized spacial score (nSPS) is 11.6. The van der Waals surface area contributed by atoms with Gasteiger partial charge in [0, 0.05) is 43.8 Å². The first-order valence-corrected chi connectivity index (χ1v) is 19.9. The van der Waals surface area contributed by atoms with Gasteiger partial charge in [-0.2, -0.15) is 9.97 Å². The van der Waals surface area contributed by atoms with Gasteiger partial charge in [0.1, 0.15) is 39.2 Å². The Labute approximate surface area is 359 Å². The smallest absolute Gasteiger partial charge is 0.238 e. The molecule has 8 aromatic carbocycles. The molecule has 3 aromatic heterocycles. The van der Waals surface area contributed by atoms with Crippen LogP contribution in [0.5, 0.6) is 0 Å². The second kappa shape index (κ2) is 14.5. The number of benzene rings is 8. The molecule has 0 saturated heterocycles. The molecule has 5 nitrogen and oxygen atoms in total. The first-order valence-electron chi connectivity index (χ1n) is 19.9. The Balaban J connectivity index is 1.35. The summed E-state index contributed by atoms with van der Waals surface area (Å²) in [6, 6.07) is 57.6. The van der Waals surface area contributed by atoms with E-state index in [1.165, 1.54) is 0 Å². The number of hydrogen-bond acceptors (Lipinski definition) is 3. The second-order valence-corrected chi connectivity index (χ2v) is 15.1. The van der Waals surface area contributed by atoms with Crippen LogP contribution in [-0.4, -0.2) is 63.3 Å². The van der Waals surface area contributed by atoms with Crippen LogP contribution >= 0.6 is 0 Å². The van der Waals surface area contributed by atoms with E-state index < -0.39 is 0 Å². The molecule has 10 radical (unpaired) electrons. The predicted octanol–water partition coefficient (Wildman–Crippen LogP) is 6.70.